The first-order valence-electron chi connectivity index (χ1n) is 9.85. The lowest BCUT2D eigenvalue weighted by molar-refractivity contribution is -0.384. The normalized spacial score (nSPS) is 27.7. The van der Waals surface area contributed by atoms with Crippen molar-refractivity contribution in [1.29, 1.82) is 0 Å². The minimum atomic E-state index is -1.11. The SMILES string of the molecule is C[C@@H](C(=O)OCC(=O)Nc1cccc([N+](=O)[O-])c1)N1C(=O)[C@@H]2[C@@H]3CC[C@@H](C3)[C@@H]2C1=O. The number of fused-ring (bicyclic) bond motifs is 5. The van der Waals surface area contributed by atoms with Crippen LogP contribution in [0.3, 0.4) is 0 Å². The van der Waals surface area contributed by atoms with Gasteiger partial charge in [-0.15, -0.1) is 0 Å². The highest BCUT2D eigenvalue weighted by Gasteiger charge is 2.62. The molecule has 1 saturated heterocycles. The van der Waals surface area contributed by atoms with Gasteiger partial charge in [0.1, 0.15) is 6.04 Å². The third kappa shape index (κ3) is 3.31. The Hall–Kier alpha value is -3.30. The van der Waals surface area contributed by atoms with Crippen LogP contribution >= 0.6 is 0 Å². The molecule has 1 N–H and O–H groups in total. The molecule has 1 heterocycles. The monoisotopic (exact) mass is 415 g/mol. The van der Waals surface area contributed by atoms with Gasteiger partial charge in [-0.05, 0) is 44.1 Å². The maximum absolute atomic E-state index is 12.8. The fraction of sp³-hybridized carbons (Fsp3) is 0.500. The summed E-state index contributed by atoms with van der Waals surface area (Å²) in [5.74, 6) is -2.41. The molecule has 2 saturated carbocycles. The Balaban J connectivity index is 1.33. The standard InChI is InChI=1S/C20H21N3O7/c1-10(22-18(25)16-11-5-6-12(7-11)17(16)19(22)26)20(27)30-9-15(24)21-13-3-2-4-14(8-13)23(28)29/h2-4,8,10-12,16-17H,5-7,9H2,1H3,(H,21,24)/t10-,11-,12+,16-,17+/m0/s1. The van der Waals surface area contributed by atoms with Crippen LogP contribution in [0.25, 0.3) is 0 Å². The number of likely N-dealkylation sites (tertiary alicyclic amines) is 1. The summed E-state index contributed by atoms with van der Waals surface area (Å²) in [6.07, 6.45) is 2.78. The smallest absolute Gasteiger partial charge is 0.329 e. The summed E-state index contributed by atoms with van der Waals surface area (Å²) in [7, 11) is 0. The molecule has 3 fully saturated rings. The average molecular weight is 415 g/mol. The van der Waals surface area contributed by atoms with Crippen LogP contribution < -0.4 is 5.32 Å². The van der Waals surface area contributed by atoms with Crippen molar-refractivity contribution in [3.8, 4) is 0 Å². The van der Waals surface area contributed by atoms with Gasteiger partial charge in [0.05, 0.1) is 16.8 Å². The van der Waals surface area contributed by atoms with E-state index in [1.165, 1.54) is 31.2 Å². The van der Waals surface area contributed by atoms with Gasteiger partial charge < -0.3 is 10.1 Å². The number of non-ortho nitro benzene ring substituents is 1. The van der Waals surface area contributed by atoms with Crippen molar-refractivity contribution in [3.05, 3.63) is 34.4 Å². The molecule has 3 amide bonds. The van der Waals surface area contributed by atoms with E-state index >= 15 is 0 Å². The molecule has 4 rings (SSSR count). The topological polar surface area (TPSA) is 136 Å². The minimum Gasteiger partial charge on any atom is -0.454 e. The number of imide groups is 1. The maximum atomic E-state index is 12.8. The van der Waals surface area contributed by atoms with Gasteiger partial charge in [-0.3, -0.25) is 29.4 Å². The highest BCUT2D eigenvalue weighted by Crippen LogP contribution is 2.56. The van der Waals surface area contributed by atoms with Crippen molar-refractivity contribution < 1.29 is 28.8 Å². The van der Waals surface area contributed by atoms with Crippen LogP contribution in [0.5, 0.6) is 0 Å². The van der Waals surface area contributed by atoms with E-state index in [0.29, 0.717) is 0 Å². The number of carbonyl (C=O) groups is 4. The van der Waals surface area contributed by atoms with Gasteiger partial charge in [-0.2, -0.15) is 0 Å². The van der Waals surface area contributed by atoms with E-state index in [1.54, 1.807) is 0 Å². The van der Waals surface area contributed by atoms with Crippen LogP contribution in [0.15, 0.2) is 24.3 Å². The van der Waals surface area contributed by atoms with Gasteiger partial charge in [0, 0.05) is 17.8 Å². The van der Waals surface area contributed by atoms with Crippen LogP contribution in [0.4, 0.5) is 11.4 Å². The molecule has 0 aromatic heterocycles. The van der Waals surface area contributed by atoms with Crippen molar-refractivity contribution in [2.45, 2.75) is 32.2 Å². The van der Waals surface area contributed by atoms with Crippen molar-refractivity contribution in [2.24, 2.45) is 23.7 Å². The minimum absolute atomic E-state index is 0.187. The highest BCUT2D eigenvalue weighted by molar-refractivity contribution is 6.08. The summed E-state index contributed by atoms with van der Waals surface area (Å²) in [4.78, 5) is 61.1. The van der Waals surface area contributed by atoms with E-state index in [9.17, 15) is 29.3 Å². The summed E-state index contributed by atoms with van der Waals surface area (Å²) in [6, 6.07) is 4.22. The number of amides is 3. The van der Waals surface area contributed by atoms with Crippen molar-refractivity contribution in [2.75, 3.05) is 11.9 Å². The van der Waals surface area contributed by atoms with E-state index in [0.717, 1.165) is 24.2 Å². The number of rotatable bonds is 6. The van der Waals surface area contributed by atoms with Crippen LogP contribution in [0, 0.1) is 33.8 Å². The molecule has 0 unspecified atom stereocenters. The van der Waals surface area contributed by atoms with Gasteiger partial charge >= 0.3 is 5.97 Å². The van der Waals surface area contributed by atoms with E-state index in [2.05, 4.69) is 5.32 Å². The number of nitro benzene ring substituents is 1. The van der Waals surface area contributed by atoms with Crippen molar-refractivity contribution in [3.63, 3.8) is 0 Å². The van der Waals surface area contributed by atoms with E-state index in [-0.39, 0.29) is 46.9 Å². The molecule has 0 spiro atoms. The largest absolute Gasteiger partial charge is 0.454 e. The number of hydrogen-bond donors (Lipinski definition) is 1. The molecule has 0 radical (unpaired) electrons. The Morgan fingerprint density at radius 1 is 1.23 bits per heavy atom. The molecule has 3 aliphatic rings. The fourth-order valence-corrected chi connectivity index (χ4v) is 5.07. The molecule has 2 aliphatic carbocycles. The van der Waals surface area contributed by atoms with Gasteiger partial charge in [-0.1, -0.05) is 6.07 Å². The quantitative estimate of drug-likeness (QED) is 0.322. The highest BCUT2D eigenvalue weighted by atomic mass is 16.6. The number of nitrogens with one attached hydrogen (secondary N) is 1. The van der Waals surface area contributed by atoms with Crippen molar-refractivity contribution >= 4 is 35.1 Å². The third-order valence-corrected chi connectivity index (χ3v) is 6.38. The molecule has 5 atom stereocenters. The number of ether oxygens (including phenoxy) is 1. The van der Waals surface area contributed by atoms with Gasteiger partial charge in [0.25, 0.3) is 11.6 Å². The number of carbonyl (C=O) groups excluding carboxylic acids is 4. The Bertz CT molecular complexity index is 918. The van der Waals surface area contributed by atoms with Gasteiger partial charge in [0.2, 0.25) is 11.8 Å². The second-order valence-corrected chi connectivity index (χ2v) is 8.07. The maximum Gasteiger partial charge on any atom is 0.329 e. The molecule has 1 aromatic rings. The van der Waals surface area contributed by atoms with Crippen LogP contribution in [0.2, 0.25) is 0 Å². The number of nitro groups is 1. The first kappa shape index (κ1) is 20.0. The molecular formula is C20H21N3O7. The second kappa shape index (κ2) is 7.51. The molecule has 30 heavy (non-hydrogen) atoms. The van der Waals surface area contributed by atoms with Crippen molar-refractivity contribution in [1.82, 2.24) is 4.90 Å². The Labute approximate surface area is 171 Å². The lowest BCUT2D eigenvalue weighted by Gasteiger charge is -2.23. The third-order valence-electron chi connectivity index (χ3n) is 6.38. The number of nitrogens with zero attached hydrogens (tertiary/aromatic N) is 2. The summed E-state index contributed by atoms with van der Waals surface area (Å²) < 4.78 is 4.99. The number of benzene rings is 1. The second-order valence-electron chi connectivity index (χ2n) is 8.07. The fourth-order valence-electron chi connectivity index (χ4n) is 5.07. The summed E-state index contributed by atoms with van der Waals surface area (Å²) in [5.41, 5.74) is -0.00418. The zero-order valence-electron chi connectivity index (χ0n) is 16.3. The van der Waals surface area contributed by atoms with E-state index in [4.69, 9.17) is 4.74 Å². The molecule has 1 aromatic carbocycles. The first-order valence-corrected chi connectivity index (χ1v) is 9.85. The molecule has 158 valence electrons. The van der Waals surface area contributed by atoms with E-state index < -0.39 is 29.4 Å². The predicted molar refractivity (Wildman–Crippen MR) is 102 cm³/mol. The van der Waals surface area contributed by atoms with E-state index in [1.807, 2.05) is 0 Å². The molecular weight excluding hydrogens is 394 g/mol. The Morgan fingerprint density at radius 3 is 2.47 bits per heavy atom. The molecule has 10 nitrogen and oxygen atoms in total. The molecule has 10 heteroatoms. The zero-order valence-corrected chi connectivity index (χ0v) is 16.3. The van der Waals surface area contributed by atoms with Gasteiger partial charge in [0.15, 0.2) is 6.61 Å². The zero-order chi connectivity index (χ0) is 21.6. The number of hydrogen-bond acceptors (Lipinski definition) is 7. The number of anilines is 1. The van der Waals surface area contributed by atoms with Crippen LogP contribution in [-0.4, -0.2) is 46.2 Å². The number of esters is 1. The summed E-state index contributed by atoms with van der Waals surface area (Å²) in [5, 5.41) is 13.2. The average Bonchev–Trinajstić information content (AvgIpc) is 3.39. The molecule has 2 bridgehead atoms. The lowest BCUT2D eigenvalue weighted by atomic mass is 9.81. The van der Waals surface area contributed by atoms with Crippen LogP contribution in [0.1, 0.15) is 26.2 Å². The lowest BCUT2D eigenvalue weighted by Crippen LogP contribution is -2.45. The van der Waals surface area contributed by atoms with Gasteiger partial charge in [-0.25, -0.2) is 4.79 Å². The summed E-state index contributed by atoms with van der Waals surface area (Å²) >= 11 is 0. The Morgan fingerprint density at radius 2 is 1.87 bits per heavy atom. The van der Waals surface area contributed by atoms with Crippen LogP contribution in [-0.2, 0) is 23.9 Å². The Kier molecular flexibility index (Phi) is 5.00. The summed E-state index contributed by atoms with van der Waals surface area (Å²) in [6.45, 7) is 0.778. The first-order chi connectivity index (χ1) is 14.3. The predicted octanol–water partition coefficient (Wildman–Crippen LogP) is 1.50. The molecule has 1 aliphatic heterocycles.